The number of esters is 2. The lowest BCUT2D eigenvalue weighted by Gasteiger charge is -2.38. The molecule has 7 heteroatoms. The van der Waals surface area contributed by atoms with Crippen LogP contribution in [0.2, 0.25) is 0 Å². The molecule has 1 heterocycles. The molecule has 0 saturated heterocycles. The minimum Gasteiger partial charge on any atom is -0.468 e. The van der Waals surface area contributed by atoms with Crippen molar-refractivity contribution in [3.8, 4) is 0 Å². The fourth-order valence-corrected chi connectivity index (χ4v) is 4.34. The van der Waals surface area contributed by atoms with E-state index >= 15 is 0 Å². The van der Waals surface area contributed by atoms with Gasteiger partial charge in [0.1, 0.15) is 12.5 Å². The van der Waals surface area contributed by atoms with Gasteiger partial charge in [0.15, 0.2) is 5.78 Å². The van der Waals surface area contributed by atoms with Gasteiger partial charge < -0.3 is 19.5 Å². The highest BCUT2D eigenvalue weighted by Crippen LogP contribution is 2.45. The normalized spacial score (nSPS) is 23.3. The van der Waals surface area contributed by atoms with Crippen LogP contribution in [0.5, 0.6) is 0 Å². The first-order valence-corrected chi connectivity index (χ1v) is 10.4. The quantitative estimate of drug-likeness (QED) is 0.424. The van der Waals surface area contributed by atoms with Crippen molar-refractivity contribution in [3.05, 3.63) is 57.9 Å². The van der Waals surface area contributed by atoms with Crippen LogP contribution in [0, 0.1) is 18.8 Å². The third kappa shape index (κ3) is 4.42. The summed E-state index contributed by atoms with van der Waals surface area (Å²) < 4.78 is 15.3. The molecule has 2 aliphatic rings. The second-order valence-corrected chi connectivity index (χ2v) is 8.07. The maximum atomic E-state index is 13.6. The van der Waals surface area contributed by atoms with Crippen molar-refractivity contribution in [1.82, 2.24) is 5.32 Å². The van der Waals surface area contributed by atoms with Gasteiger partial charge in [-0.3, -0.25) is 9.59 Å². The van der Waals surface area contributed by atoms with Gasteiger partial charge in [-0.2, -0.15) is 0 Å². The summed E-state index contributed by atoms with van der Waals surface area (Å²) in [6.07, 6.45) is 0.506. The van der Waals surface area contributed by atoms with E-state index in [9.17, 15) is 14.4 Å². The number of ether oxygens (including phenoxy) is 3. The van der Waals surface area contributed by atoms with E-state index in [1.807, 2.05) is 38.1 Å². The van der Waals surface area contributed by atoms with Crippen molar-refractivity contribution in [2.24, 2.45) is 11.8 Å². The Kier molecular flexibility index (Phi) is 6.95. The monoisotopic (exact) mass is 427 g/mol. The molecule has 0 amide bonds. The van der Waals surface area contributed by atoms with E-state index in [-0.39, 0.29) is 24.9 Å². The maximum Gasteiger partial charge on any atom is 0.336 e. The molecule has 0 fully saturated rings. The number of methoxy groups -OCH3 is 2. The minimum absolute atomic E-state index is 0.106. The van der Waals surface area contributed by atoms with Gasteiger partial charge in [-0.25, -0.2) is 4.79 Å². The van der Waals surface area contributed by atoms with Gasteiger partial charge in [-0.15, -0.1) is 0 Å². The predicted octanol–water partition coefficient (Wildman–Crippen LogP) is 2.80. The van der Waals surface area contributed by atoms with E-state index in [2.05, 4.69) is 5.32 Å². The summed E-state index contributed by atoms with van der Waals surface area (Å²) in [5, 5.41) is 3.24. The summed E-state index contributed by atoms with van der Waals surface area (Å²) in [4.78, 5) is 39.0. The highest BCUT2D eigenvalue weighted by molar-refractivity contribution is 6.12. The van der Waals surface area contributed by atoms with Gasteiger partial charge >= 0.3 is 11.9 Å². The molecule has 1 N–H and O–H groups in total. The van der Waals surface area contributed by atoms with Crippen LogP contribution < -0.4 is 5.32 Å². The molecule has 1 aromatic carbocycles. The van der Waals surface area contributed by atoms with Crippen molar-refractivity contribution < 1.29 is 28.6 Å². The average molecular weight is 427 g/mol. The molecule has 3 rings (SSSR count). The predicted molar refractivity (Wildman–Crippen MR) is 114 cm³/mol. The zero-order chi connectivity index (χ0) is 22.7. The molecule has 3 atom stereocenters. The lowest BCUT2D eigenvalue weighted by molar-refractivity contribution is -0.151. The number of hydrogen-bond acceptors (Lipinski definition) is 7. The molecule has 0 spiro atoms. The Labute approximate surface area is 182 Å². The number of hydrogen-bond donors (Lipinski definition) is 1. The number of allylic oxidation sites excluding steroid dienone is 3. The van der Waals surface area contributed by atoms with Crippen LogP contribution in [0.4, 0.5) is 0 Å². The Bertz CT molecular complexity index is 943. The van der Waals surface area contributed by atoms with Crippen LogP contribution >= 0.6 is 0 Å². The third-order valence-corrected chi connectivity index (χ3v) is 5.89. The third-order valence-electron chi connectivity index (χ3n) is 5.89. The van der Waals surface area contributed by atoms with Gasteiger partial charge in [0.2, 0.25) is 0 Å². The smallest absolute Gasteiger partial charge is 0.336 e. The zero-order valence-corrected chi connectivity index (χ0v) is 18.6. The van der Waals surface area contributed by atoms with Crippen LogP contribution in [0.25, 0.3) is 0 Å². The van der Waals surface area contributed by atoms with Crippen LogP contribution in [-0.4, -0.2) is 45.2 Å². The first kappa shape index (κ1) is 22.7. The fourth-order valence-electron chi connectivity index (χ4n) is 4.34. The van der Waals surface area contributed by atoms with E-state index in [1.165, 1.54) is 14.2 Å². The highest BCUT2D eigenvalue weighted by atomic mass is 16.6. The van der Waals surface area contributed by atoms with Crippen molar-refractivity contribution in [2.75, 3.05) is 27.4 Å². The molecule has 1 aliphatic carbocycles. The van der Waals surface area contributed by atoms with Crippen molar-refractivity contribution >= 4 is 17.7 Å². The molecule has 0 saturated carbocycles. The molecule has 0 unspecified atom stereocenters. The summed E-state index contributed by atoms with van der Waals surface area (Å²) in [5.74, 6) is -3.12. The van der Waals surface area contributed by atoms with Crippen LogP contribution in [0.1, 0.15) is 37.3 Å². The number of benzene rings is 1. The molecule has 0 bridgehead atoms. The first-order valence-electron chi connectivity index (χ1n) is 10.4. The van der Waals surface area contributed by atoms with Crippen molar-refractivity contribution in [2.45, 2.75) is 33.1 Å². The Morgan fingerprint density at radius 3 is 2.39 bits per heavy atom. The molecule has 7 nitrogen and oxygen atoms in total. The topological polar surface area (TPSA) is 90.9 Å². The first-order chi connectivity index (χ1) is 14.8. The van der Waals surface area contributed by atoms with Crippen LogP contribution in [-0.2, 0) is 28.6 Å². The number of nitrogens with one attached hydrogen (secondary N) is 1. The van der Waals surface area contributed by atoms with E-state index in [0.717, 1.165) is 16.8 Å². The standard InChI is InChI=1S/C24H29NO6/c1-13-6-8-16(9-7-13)20-19(24(28)31-11-10-29-4)15(3)25-17-12-14(2)18(23(27)30-5)22(26)21(17)20/h6-9,14,18,20,25H,10-12H2,1-5H3/t14-,18-,20-/m0/s1. The van der Waals surface area contributed by atoms with E-state index in [4.69, 9.17) is 14.2 Å². The second kappa shape index (κ2) is 9.47. The molecule has 166 valence electrons. The van der Waals surface area contributed by atoms with Crippen LogP contribution in [0.15, 0.2) is 46.8 Å². The SMILES string of the molecule is COCCOC(=O)C1=C(C)NC2=C(C(=O)[C@@H](C(=O)OC)[C@@H](C)C2)[C@H]1c1ccc(C)cc1. The van der Waals surface area contributed by atoms with Gasteiger partial charge in [0.25, 0.3) is 0 Å². The Morgan fingerprint density at radius 1 is 1.10 bits per heavy atom. The number of ketones is 1. The number of dihydropyridines is 1. The fraction of sp³-hybridized carbons (Fsp3) is 0.458. The summed E-state index contributed by atoms with van der Waals surface area (Å²) in [7, 11) is 2.81. The van der Waals surface area contributed by atoms with Gasteiger partial charge in [-0.1, -0.05) is 36.8 Å². The maximum absolute atomic E-state index is 13.6. The lowest BCUT2D eigenvalue weighted by atomic mass is 9.69. The van der Waals surface area contributed by atoms with Gasteiger partial charge in [-0.05, 0) is 31.7 Å². The summed E-state index contributed by atoms with van der Waals surface area (Å²) in [6, 6.07) is 7.69. The van der Waals surface area contributed by atoms with E-state index in [0.29, 0.717) is 23.3 Å². The number of carbonyl (C=O) groups excluding carboxylic acids is 3. The molecular weight excluding hydrogens is 398 g/mol. The molecule has 0 radical (unpaired) electrons. The zero-order valence-electron chi connectivity index (χ0n) is 18.6. The molecule has 0 aromatic heterocycles. The summed E-state index contributed by atoms with van der Waals surface area (Å²) in [5.41, 5.74) is 4.04. The average Bonchev–Trinajstić information content (AvgIpc) is 2.73. The number of aryl methyl sites for hydroxylation is 1. The Morgan fingerprint density at radius 2 is 1.77 bits per heavy atom. The molecular formula is C24H29NO6. The molecule has 31 heavy (non-hydrogen) atoms. The number of carbonyl (C=O) groups is 3. The lowest BCUT2D eigenvalue weighted by Crippen LogP contribution is -2.43. The largest absolute Gasteiger partial charge is 0.468 e. The van der Waals surface area contributed by atoms with Crippen LogP contribution in [0.3, 0.4) is 0 Å². The van der Waals surface area contributed by atoms with E-state index in [1.54, 1.807) is 6.92 Å². The summed E-state index contributed by atoms with van der Waals surface area (Å²) >= 11 is 0. The van der Waals surface area contributed by atoms with Crippen molar-refractivity contribution in [1.29, 1.82) is 0 Å². The number of rotatable bonds is 6. The van der Waals surface area contributed by atoms with Gasteiger partial charge in [0.05, 0.1) is 19.3 Å². The van der Waals surface area contributed by atoms with Crippen molar-refractivity contribution in [3.63, 3.8) is 0 Å². The molecule has 1 aromatic rings. The Balaban J connectivity index is 2.11. The number of Topliss-reactive ketones (excluding diaryl/α,β-unsaturated/α-hetero) is 1. The summed E-state index contributed by atoms with van der Waals surface area (Å²) in [6.45, 7) is 6.02. The van der Waals surface area contributed by atoms with Gasteiger partial charge in [0, 0.05) is 30.0 Å². The molecule has 1 aliphatic heterocycles. The second-order valence-electron chi connectivity index (χ2n) is 8.07. The highest BCUT2D eigenvalue weighted by Gasteiger charge is 2.47. The minimum atomic E-state index is -0.900. The van der Waals surface area contributed by atoms with E-state index < -0.39 is 23.8 Å². The Hall–Kier alpha value is -2.93.